The second kappa shape index (κ2) is 6.32. The van der Waals surface area contributed by atoms with Crippen molar-refractivity contribution in [2.24, 2.45) is 0 Å². The number of aromatic nitrogens is 3. The lowest BCUT2D eigenvalue weighted by Gasteiger charge is -2.09. The topological polar surface area (TPSA) is 114 Å². The van der Waals surface area contributed by atoms with Crippen molar-refractivity contribution in [2.45, 2.75) is 13.1 Å². The first kappa shape index (κ1) is 18.1. The number of nitrogens with one attached hydrogen (secondary N) is 2. The molecule has 0 saturated heterocycles. The van der Waals surface area contributed by atoms with Crippen molar-refractivity contribution in [2.75, 3.05) is 16.3 Å². The number of carbonyl (C=O) groups is 1. The molecule has 1 amide bonds. The van der Waals surface area contributed by atoms with Crippen LogP contribution in [0.4, 0.5) is 23.4 Å². The summed E-state index contributed by atoms with van der Waals surface area (Å²) in [5.41, 5.74) is -1.29. The van der Waals surface area contributed by atoms with E-state index < -0.39 is 27.8 Å². The van der Waals surface area contributed by atoms with Crippen LogP contribution in [0.15, 0.2) is 12.1 Å². The molecule has 24 heavy (non-hydrogen) atoms. The van der Waals surface area contributed by atoms with Crippen molar-refractivity contribution in [3.8, 4) is 0 Å². The average molecular weight is 381 g/mol. The summed E-state index contributed by atoms with van der Waals surface area (Å²) < 4.78 is 61.8. The number of rotatable bonds is 4. The van der Waals surface area contributed by atoms with E-state index in [0.717, 1.165) is 23.7 Å². The highest BCUT2D eigenvalue weighted by atomic mass is 32.2. The highest BCUT2D eigenvalue weighted by molar-refractivity contribution is 7.92. The number of pyridine rings is 1. The number of aryl methyl sites for hydroxylation is 1. The molecule has 2 heterocycles. The molecule has 13 heteroatoms. The Bertz CT molecular complexity index is 879. The van der Waals surface area contributed by atoms with Gasteiger partial charge in [0.2, 0.25) is 20.3 Å². The Morgan fingerprint density at radius 2 is 1.83 bits per heavy atom. The number of hydrogen-bond donors (Lipinski definition) is 2. The Kier molecular flexibility index (Phi) is 4.75. The van der Waals surface area contributed by atoms with Gasteiger partial charge in [-0.1, -0.05) is 11.3 Å². The fourth-order valence-corrected chi connectivity index (χ4v) is 3.07. The van der Waals surface area contributed by atoms with Crippen LogP contribution in [0.2, 0.25) is 0 Å². The van der Waals surface area contributed by atoms with E-state index in [1.165, 1.54) is 6.92 Å². The van der Waals surface area contributed by atoms with Gasteiger partial charge in [-0.3, -0.25) is 14.8 Å². The van der Waals surface area contributed by atoms with Crippen LogP contribution >= 0.6 is 11.3 Å². The molecule has 2 rings (SSSR count). The van der Waals surface area contributed by atoms with Crippen molar-refractivity contribution in [3.63, 3.8) is 0 Å². The molecule has 0 atom stereocenters. The summed E-state index contributed by atoms with van der Waals surface area (Å²) in [7, 11) is -3.54. The van der Waals surface area contributed by atoms with Gasteiger partial charge in [0.15, 0.2) is 0 Å². The van der Waals surface area contributed by atoms with Gasteiger partial charge in [0.05, 0.1) is 17.5 Å². The summed E-state index contributed by atoms with van der Waals surface area (Å²) in [6.07, 6.45) is -3.69. The lowest BCUT2D eigenvalue weighted by Crippen LogP contribution is -2.16. The van der Waals surface area contributed by atoms with E-state index in [4.69, 9.17) is 0 Å². The molecule has 0 fully saturated rings. The van der Waals surface area contributed by atoms with Crippen LogP contribution < -0.4 is 10.0 Å². The minimum Gasteiger partial charge on any atom is -0.296 e. The standard InChI is InChI=1S/C11H10F3N5O3S2/c1-5-6(3-4-7(15-5)11(12,13)14)8(20)16-9-17-18-10(23-9)19-24(2,21)22/h3-4H,1-2H3,(H,18,19)(H,16,17,20). The molecule has 0 aromatic carbocycles. The number of sulfonamides is 1. The van der Waals surface area contributed by atoms with Crippen LogP contribution in [-0.4, -0.2) is 35.8 Å². The van der Waals surface area contributed by atoms with Gasteiger partial charge in [-0.05, 0) is 19.1 Å². The number of anilines is 2. The molecule has 2 aromatic heterocycles. The summed E-state index contributed by atoms with van der Waals surface area (Å²) in [6, 6.07) is 1.69. The van der Waals surface area contributed by atoms with E-state index in [0.29, 0.717) is 6.07 Å². The fourth-order valence-electron chi connectivity index (χ4n) is 1.60. The molecule has 0 radical (unpaired) electrons. The minimum atomic E-state index is -4.61. The maximum atomic E-state index is 12.5. The van der Waals surface area contributed by atoms with Gasteiger partial charge in [0, 0.05) is 0 Å². The van der Waals surface area contributed by atoms with E-state index in [-0.39, 0.29) is 21.5 Å². The monoisotopic (exact) mass is 381 g/mol. The first-order valence-electron chi connectivity index (χ1n) is 6.13. The van der Waals surface area contributed by atoms with Crippen LogP contribution in [0.25, 0.3) is 0 Å². The average Bonchev–Trinajstić information content (AvgIpc) is 2.82. The van der Waals surface area contributed by atoms with Gasteiger partial charge >= 0.3 is 6.18 Å². The first-order chi connectivity index (χ1) is 11.0. The molecule has 0 bridgehead atoms. The number of nitrogens with zero attached hydrogens (tertiary/aromatic N) is 3. The molecule has 0 aliphatic carbocycles. The third-order valence-corrected chi connectivity index (χ3v) is 3.99. The van der Waals surface area contributed by atoms with Crippen molar-refractivity contribution < 1.29 is 26.4 Å². The Labute approximate surface area is 138 Å². The highest BCUT2D eigenvalue weighted by Gasteiger charge is 2.33. The number of carbonyl (C=O) groups excluding carboxylic acids is 1. The lowest BCUT2D eigenvalue weighted by molar-refractivity contribution is -0.141. The predicted molar refractivity (Wildman–Crippen MR) is 80.3 cm³/mol. The second-order valence-corrected chi connectivity index (χ2v) is 7.29. The molecule has 130 valence electrons. The van der Waals surface area contributed by atoms with Crippen molar-refractivity contribution in [1.82, 2.24) is 15.2 Å². The molecule has 0 aliphatic rings. The Balaban J connectivity index is 2.16. The van der Waals surface area contributed by atoms with Crippen molar-refractivity contribution in [3.05, 3.63) is 29.1 Å². The molecular weight excluding hydrogens is 371 g/mol. The zero-order valence-electron chi connectivity index (χ0n) is 12.2. The van der Waals surface area contributed by atoms with Gasteiger partial charge in [0.25, 0.3) is 5.91 Å². The van der Waals surface area contributed by atoms with E-state index in [2.05, 4.69) is 25.2 Å². The van der Waals surface area contributed by atoms with Crippen LogP contribution in [0.5, 0.6) is 0 Å². The summed E-state index contributed by atoms with van der Waals surface area (Å²) in [4.78, 5) is 15.4. The van der Waals surface area contributed by atoms with E-state index in [1.807, 2.05) is 0 Å². The van der Waals surface area contributed by atoms with Crippen molar-refractivity contribution in [1.29, 1.82) is 0 Å². The highest BCUT2D eigenvalue weighted by Crippen LogP contribution is 2.28. The molecule has 0 spiro atoms. The lowest BCUT2D eigenvalue weighted by atomic mass is 10.1. The molecule has 8 nitrogen and oxygen atoms in total. The third kappa shape index (κ3) is 4.61. The molecule has 0 aliphatic heterocycles. The molecule has 0 saturated carbocycles. The van der Waals surface area contributed by atoms with Gasteiger partial charge in [-0.25, -0.2) is 13.4 Å². The number of amides is 1. The summed E-state index contributed by atoms with van der Waals surface area (Å²) in [5, 5.41) is 9.31. The SMILES string of the molecule is Cc1nc(C(F)(F)F)ccc1C(=O)Nc1nnc(NS(C)(=O)=O)s1. The second-order valence-electron chi connectivity index (χ2n) is 4.57. The maximum absolute atomic E-state index is 12.5. The zero-order chi connectivity index (χ0) is 18.1. The largest absolute Gasteiger partial charge is 0.433 e. The van der Waals surface area contributed by atoms with Gasteiger partial charge in [-0.2, -0.15) is 13.2 Å². The van der Waals surface area contributed by atoms with Gasteiger partial charge in [0.1, 0.15) is 5.69 Å². The predicted octanol–water partition coefficient (Wildman–Crippen LogP) is 1.88. The Morgan fingerprint density at radius 3 is 2.38 bits per heavy atom. The van der Waals surface area contributed by atoms with E-state index in [1.54, 1.807) is 0 Å². The normalized spacial score (nSPS) is 12.0. The van der Waals surface area contributed by atoms with Crippen LogP contribution in [0, 0.1) is 6.92 Å². The number of alkyl halides is 3. The summed E-state index contributed by atoms with van der Waals surface area (Å²) in [5.74, 6) is -0.740. The van der Waals surface area contributed by atoms with Crippen LogP contribution in [0.1, 0.15) is 21.7 Å². The molecule has 2 N–H and O–H groups in total. The Hall–Kier alpha value is -2.28. The van der Waals surface area contributed by atoms with Crippen molar-refractivity contribution >= 4 is 37.5 Å². The minimum absolute atomic E-state index is 0.0227. The van der Waals surface area contributed by atoms with Gasteiger partial charge < -0.3 is 0 Å². The van der Waals surface area contributed by atoms with Crippen LogP contribution in [-0.2, 0) is 16.2 Å². The summed E-state index contributed by atoms with van der Waals surface area (Å²) >= 11 is 0.751. The number of halogens is 3. The first-order valence-corrected chi connectivity index (χ1v) is 8.84. The maximum Gasteiger partial charge on any atom is 0.433 e. The van der Waals surface area contributed by atoms with E-state index >= 15 is 0 Å². The quantitative estimate of drug-likeness (QED) is 0.836. The van der Waals surface area contributed by atoms with E-state index in [9.17, 15) is 26.4 Å². The number of hydrogen-bond acceptors (Lipinski definition) is 7. The van der Waals surface area contributed by atoms with Crippen LogP contribution in [0.3, 0.4) is 0 Å². The molecule has 0 unspecified atom stereocenters. The zero-order valence-corrected chi connectivity index (χ0v) is 13.8. The van der Waals surface area contributed by atoms with Gasteiger partial charge in [-0.15, -0.1) is 10.2 Å². The smallest absolute Gasteiger partial charge is 0.296 e. The fraction of sp³-hybridized carbons (Fsp3) is 0.273. The summed E-state index contributed by atoms with van der Waals surface area (Å²) in [6.45, 7) is 1.26. The molecule has 2 aromatic rings. The Morgan fingerprint density at radius 1 is 1.21 bits per heavy atom. The third-order valence-electron chi connectivity index (χ3n) is 2.54. The molecular formula is C11H10F3N5O3S2.